The summed E-state index contributed by atoms with van der Waals surface area (Å²) in [6, 6.07) is 10.3. The summed E-state index contributed by atoms with van der Waals surface area (Å²) in [5.41, 5.74) is 1.26. The smallest absolute Gasteiger partial charge is 0.236 e. The van der Waals surface area contributed by atoms with E-state index >= 15 is 0 Å². The quantitative estimate of drug-likeness (QED) is 0.801. The fourth-order valence-electron chi connectivity index (χ4n) is 2.68. The number of morpholine rings is 1. The highest BCUT2D eigenvalue weighted by Crippen LogP contribution is 2.12. The first-order valence-electron chi connectivity index (χ1n) is 7.88. The number of carbonyl (C=O) groups is 1. The second-order valence-corrected chi connectivity index (χ2v) is 5.48. The zero-order valence-electron chi connectivity index (χ0n) is 13.1. The molecule has 1 heterocycles. The van der Waals surface area contributed by atoms with Gasteiger partial charge in [-0.25, -0.2) is 0 Å². The number of carbonyl (C=O) groups excluding carboxylic acids is 1. The van der Waals surface area contributed by atoms with Gasteiger partial charge in [-0.2, -0.15) is 0 Å². The Morgan fingerprint density at radius 1 is 1.29 bits per heavy atom. The van der Waals surface area contributed by atoms with Gasteiger partial charge in [-0.05, 0) is 18.7 Å². The minimum absolute atomic E-state index is 0.113. The average molecular weight is 290 g/mol. The normalized spacial score (nSPS) is 19.0. The van der Waals surface area contributed by atoms with E-state index in [1.807, 2.05) is 23.1 Å². The van der Waals surface area contributed by atoms with Crippen molar-refractivity contribution in [3.05, 3.63) is 35.9 Å². The molecule has 4 nitrogen and oxygen atoms in total. The molecule has 0 radical (unpaired) electrons. The molecule has 0 spiro atoms. The van der Waals surface area contributed by atoms with E-state index in [1.165, 1.54) is 5.56 Å². The molecule has 0 aliphatic carbocycles. The predicted molar refractivity (Wildman–Crippen MR) is 84.3 cm³/mol. The van der Waals surface area contributed by atoms with Crippen molar-refractivity contribution in [2.24, 2.45) is 0 Å². The van der Waals surface area contributed by atoms with E-state index in [4.69, 9.17) is 4.74 Å². The molecular weight excluding hydrogens is 264 g/mol. The van der Waals surface area contributed by atoms with Gasteiger partial charge < -0.3 is 9.64 Å². The molecule has 1 aromatic rings. The summed E-state index contributed by atoms with van der Waals surface area (Å²) in [4.78, 5) is 16.5. The molecule has 2 rings (SSSR count). The first-order valence-corrected chi connectivity index (χ1v) is 7.88. The lowest BCUT2D eigenvalue weighted by Gasteiger charge is -2.34. The van der Waals surface area contributed by atoms with E-state index in [0.717, 1.165) is 19.5 Å². The number of ether oxygens (including phenoxy) is 1. The van der Waals surface area contributed by atoms with Gasteiger partial charge in [0.2, 0.25) is 5.91 Å². The van der Waals surface area contributed by atoms with Crippen LogP contribution in [0.4, 0.5) is 0 Å². The molecule has 4 heteroatoms. The SMILES string of the molecule is CCN(CC)CC(=O)N1CCOC(Cc2ccccc2)C1. The highest BCUT2D eigenvalue weighted by Gasteiger charge is 2.24. The summed E-state index contributed by atoms with van der Waals surface area (Å²) in [6.07, 6.45) is 0.984. The molecule has 1 amide bonds. The third-order valence-corrected chi connectivity index (χ3v) is 4.05. The van der Waals surface area contributed by atoms with E-state index in [0.29, 0.717) is 26.2 Å². The zero-order valence-corrected chi connectivity index (χ0v) is 13.1. The van der Waals surface area contributed by atoms with Crippen LogP contribution in [0.2, 0.25) is 0 Å². The van der Waals surface area contributed by atoms with Gasteiger partial charge in [-0.3, -0.25) is 9.69 Å². The third kappa shape index (κ3) is 4.83. The van der Waals surface area contributed by atoms with Gasteiger partial charge in [0, 0.05) is 19.5 Å². The number of hydrogen-bond donors (Lipinski definition) is 0. The van der Waals surface area contributed by atoms with Crippen LogP contribution in [0.5, 0.6) is 0 Å². The lowest BCUT2D eigenvalue weighted by atomic mass is 10.1. The van der Waals surface area contributed by atoms with Crippen molar-refractivity contribution in [3.63, 3.8) is 0 Å². The minimum atomic E-state index is 0.113. The second kappa shape index (κ2) is 8.15. The van der Waals surface area contributed by atoms with E-state index < -0.39 is 0 Å². The van der Waals surface area contributed by atoms with E-state index in [9.17, 15) is 4.79 Å². The van der Waals surface area contributed by atoms with Crippen LogP contribution in [0, 0.1) is 0 Å². The van der Waals surface area contributed by atoms with Crippen molar-refractivity contribution < 1.29 is 9.53 Å². The van der Waals surface area contributed by atoms with Gasteiger partial charge in [0.25, 0.3) is 0 Å². The van der Waals surface area contributed by atoms with Crippen LogP contribution in [0.1, 0.15) is 19.4 Å². The summed E-state index contributed by atoms with van der Waals surface area (Å²) in [5.74, 6) is 0.222. The van der Waals surface area contributed by atoms with E-state index in [2.05, 4.69) is 30.9 Å². The number of rotatable bonds is 6. The molecule has 1 unspecified atom stereocenters. The maximum Gasteiger partial charge on any atom is 0.236 e. The molecular formula is C17H26N2O2. The Morgan fingerprint density at radius 2 is 2.00 bits per heavy atom. The molecule has 21 heavy (non-hydrogen) atoms. The Labute approximate surface area is 127 Å². The van der Waals surface area contributed by atoms with Crippen molar-refractivity contribution in [1.82, 2.24) is 9.80 Å². The number of benzene rings is 1. The number of hydrogen-bond acceptors (Lipinski definition) is 3. The van der Waals surface area contributed by atoms with Crippen LogP contribution in [-0.4, -0.2) is 61.1 Å². The fraction of sp³-hybridized carbons (Fsp3) is 0.588. The molecule has 116 valence electrons. The Morgan fingerprint density at radius 3 is 2.67 bits per heavy atom. The molecule has 0 N–H and O–H groups in total. The van der Waals surface area contributed by atoms with Crippen LogP contribution in [0.3, 0.4) is 0 Å². The van der Waals surface area contributed by atoms with Gasteiger partial charge in [0.05, 0.1) is 19.3 Å². The number of likely N-dealkylation sites (N-methyl/N-ethyl adjacent to an activating group) is 1. The summed E-state index contributed by atoms with van der Waals surface area (Å²) >= 11 is 0. The van der Waals surface area contributed by atoms with Crippen molar-refractivity contribution in [1.29, 1.82) is 0 Å². The lowest BCUT2D eigenvalue weighted by molar-refractivity contribution is -0.139. The summed E-state index contributed by atoms with van der Waals surface area (Å²) in [5, 5.41) is 0. The minimum Gasteiger partial charge on any atom is -0.374 e. The summed E-state index contributed by atoms with van der Waals surface area (Å²) in [6.45, 7) is 8.59. The van der Waals surface area contributed by atoms with Gasteiger partial charge in [-0.15, -0.1) is 0 Å². The van der Waals surface area contributed by atoms with E-state index in [1.54, 1.807) is 0 Å². The van der Waals surface area contributed by atoms with Gasteiger partial charge in [-0.1, -0.05) is 44.2 Å². The Kier molecular flexibility index (Phi) is 6.21. The number of amides is 1. The van der Waals surface area contributed by atoms with Crippen LogP contribution in [-0.2, 0) is 16.0 Å². The molecule has 1 aliphatic heterocycles. The first kappa shape index (κ1) is 16.0. The average Bonchev–Trinajstić information content (AvgIpc) is 2.53. The van der Waals surface area contributed by atoms with E-state index in [-0.39, 0.29) is 12.0 Å². The molecule has 0 saturated carbocycles. The lowest BCUT2D eigenvalue weighted by Crippen LogP contribution is -2.49. The monoisotopic (exact) mass is 290 g/mol. The van der Waals surface area contributed by atoms with Crippen LogP contribution in [0.25, 0.3) is 0 Å². The molecule has 0 aromatic heterocycles. The molecule has 0 bridgehead atoms. The van der Waals surface area contributed by atoms with Gasteiger partial charge in [0.15, 0.2) is 0 Å². The largest absolute Gasteiger partial charge is 0.374 e. The van der Waals surface area contributed by atoms with Crippen molar-refractivity contribution in [2.75, 3.05) is 39.3 Å². The number of nitrogens with zero attached hydrogens (tertiary/aromatic N) is 2. The predicted octanol–water partition coefficient (Wildman–Crippen LogP) is 1.80. The molecule has 1 aromatic carbocycles. The van der Waals surface area contributed by atoms with Gasteiger partial charge in [0.1, 0.15) is 0 Å². The fourth-order valence-corrected chi connectivity index (χ4v) is 2.68. The molecule has 1 saturated heterocycles. The maximum atomic E-state index is 12.4. The third-order valence-electron chi connectivity index (χ3n) is 4.05. The van der Waals surface area contributed by atoms with Crippen molar-refractivity contribution >= 4 is 5.91 Å². The summed E-state index contributed by atoms with van der Waals surface area (Å²) < 4.78 is 5.81. The maximum absolute atomic E-state index is 12.4. The first-order chi connectivity index (χ1) is 10.2. The molecule has 1 fully saturated rings. The summed E-state index contributed by atoms with van der Waals surface area (Å²) in [7, 11) is 0. The Bertz CT molecular complexity index is 432. The van der Waals surface area contributed by atoms with Gasteiger partial charge >= 0.3 is 0 Å². The standard InChI is InChI=1S/C17H26N2O2/c1-3-18(4-2)14-17(20)19-10-11-21-16(13-19)12-15-8-6-5-7-9-15/h5-9,16H,3-4,10-14H2,1-2H3. The Hall–Kier alpha value is -1.39. The Balaban J connectivity index is 1.87. The molecule has 1 aliphatic rings. The molecule has 1 atom stereocenters. The van der Waals surface area contributed by atoms with Crippen LogP contribution >= 0.6 is 0 Å². The van der Waals surface area contributed by atoms with Crippen molar-refractivity contribution in [2.45, 2.75) is 26.4 Å². The van der Waals surface area contributed by atoms with Crippen LogP contribution < -0.4 is 0 Å². The van der Waals surface area contributed by atoms with Crippen LogP contribution in [0.15, 0.2) is 30.3 Å². The topological polar surface area (TPSA) is 32.8 Å². The highest BCUT2D eigenvalue weighted by molar-refractivity contribution is 5.78. The van der Waals surface area contributed by atoms with Crippen molar-refractivity contribution in [3.8, 4) is 0 Å². The highest BCUT2D eigenvalue weighted by atomic mass is 16.5. The second-order valence-electron chi connectivity index (χ2n) is 5.48. The zero-order chi connectivity index (χ0) is 15.1.